The van der Waals surface area contributed by atoms with E-state index in [0.717, 1.165) is 17.8 Å². The largest absolute Gasteiger partial charge is 0.373 e. The van der Waals surface area contributed by atoms with Gasteiger partial charge in [-0.15, -0.1) is 0 Å². The van der Waals surface area contributed by atoms with Gasteiger partial charge in [-0.3, -0.25) is 9.59 Å². The fourth-order valence-corrected chi connectivity index (χ4v) is 3.87. The van der Waals surface area contributed by atoms with E-state index in [0.29, 0.717) is 26.1 Å². The van der Waals surface area contributed by atoms with Crippen molar-refractivity contribution in [3.63, 3.8) is 0 Å². The highest BCUT2D eigenvalue weighted by Crippen LogP contribution is 2.29. The number of rotatable bonds is 2. The Morgan fingerprint density at radius 1 is 1.00 bits per heavy atom. The topological polar surface area (TPSA) is 43.9 Å². The maximum Gasteiger partial charge on any atom is 0.228 e. The molecule has 0 radical (unpaired) electrons. The second-order valence-electron chi connectivity index (χ2n) is 7.05. The summed E-state index contributed by atoms with van der Waals surface area (Å²) in [6.45, 7) is 2.55. The minimum absolute atomic E-state index is 0.0295. The lowest BCUT2D eigenvalue weighted by Gasteiger charge is -2.24. The first kappa shape index (κ1) is 16.6. The van der Waals surface area contributed by atoms with Gasteiger partial charge in [-0.05, 0) is 23.8 Å². The molecule has 2 aromatic carbocycles. The first-order chi connectivity index (χ1) is 12.6. The zero-order chi connectivity index (χ0) is 18.1. The van der Waals surface area contributed by atoms with Gasteiger partial charge in [-0.2, -0.15) is 0 Å². The molecule has 0 saturated carbocycles. The van der Waals surface area contributed by atoms with E-state index in [-0.39, 0.29) is 17.7 Å². The number of likely N-dealkylation sites (N-methyl/N-ethyl adjacent to an activating group) is 1. The molecule has 2 aliphatic rings. The van der Waals surface area contributed by atoms with Crippen LogP contribution in [0, 0.1) is 5.92 Å². The molecule has 0 spiro atoms. The van der Waals surface area contributed by atoms with Crippen molar-refractivity contribution in [2.24, 2.45) is 5.92 Å². The second-order valence-corrected chi connectivity index (χ2v) is 7.05. The Balaban J connectivity index is 1.51. The van der Waals surface area contributed by atoms with Crippen molar-refractivity contribution in [2.75, 3.05) is 36.5 Å². The minimum Gasteiger partial charge on any atom is -0.373 e. The van der Waals surface area contributed by atoms with Gasteiger partial charge < -0.3 is 14.7 Å². The van der Waals surface area contributed by atoms with E-state index < -0.39 is 0 Å². The van der Waals surface area contributed by atoms with Crippen molar-refractivity contribution in [1.29, 1.82) is 0 Å². The third kappa shape index (κ3) is 3.05. The summed E-state index contributed by atoms with van der Waals surface area (Å²) in [4.78, 5) is 31.4. The molecule has 0 aliphatic carbocycles. The van der Waals surface area contributed by atoms with Crippen LogP contribution in [-0.4, -0.2) is 43.4 Å². The SMILES string of the molecule is CN1CCN(C(=O)C2CC(=O)N(c3ccccc3)C2)Cc2ccccc21. The lowest BCUT2D eigenvalue weighted by Crippen LogP contribution is -2.39. The molecule has 0 bridgehead atoms. The van der Waals surface area contributed by atoms with Gasteiger partial charge in [0, 0.05) is 51.0 Å². The molecule has 1 unspecified atom stereocenters. The number of amides is 2. The van der Waals surface area contributed by atoms with Crippen molar-refractivity contribution in [2.45, 2.75) is 13.0 Å². The van der Waals surface area contributed by atoms with Gasteiger partial charge in [0.15, 0.2) is 0 Å². The van der Waals surface area contributed by atoms with Crippen LogP contribution in [0.5, 0.6) is 0 Å². The maximum atomic E-state index is 13.1. The summed E-state index contributed by atoms with van der Waals surface area (Å²) in [6, 6.07) is 17.8. The van der Waals surface area contributed by atoms with Crippen molar-refractivity contribution in [3.8, 4) is 0 Å². The standard InChI is InChI=1S/C21H23N3O2/c1-22-11-12-23(14-16-7-5-6-10-19(16)22)21(26)17-13-20(25)24(15-17)18-8-3-2-4-9-18/h2-10,17H,11-15H2,1H3. The van der Waals surface area contributed by atoms with Crippen LogP contribution in [0.1, 0.15) is 12.0 Å². The molecule has 2 heterocycles. The Kier molecular flexibility index (Phi) is 4.37. The fourth-order valence-electron chi connectivity index (χ4n) is 3.87. The quantitative estimate of drug-likeness (QED) is 0.837. The summed E-state index contributed by atoms with van der Waals surface area (Å²) in [5.41, 5.74) is 3.20. The first-order valence-corrected chi connectivity index (χ1v) is 9.07. The van der Waals surface area contributed by atoms with Crippen LogP contribution in [0.15, 0.2) is 54.6 Å². The summed E-state index contributed by atoms with van der Waals surface area (Å²) in [5, 5.41) is 0. The zero-order valence-electron chi connectivity index (χ0n) is 15.0. The monoisotopic (exact) mass is 349 g/mol. The van der Waals surface area contributed by atoms with E-state index in [4.69, 9.17) is 0 Å². The number of para-hydroxylation sites is 2. The minimum atomic E-state index is -0.265. The fraction of sp³-hybridized carbons (Fsp3) is 0.333. The molecule has 2 aromatic rings. The van der Waals surface area contributed by atoms with E-state index in [1.54, 1.807) is 4.90 Å². The normalized spacial score (nSPS) is 20.1. The Morgan fingerprint density at radius 3 is 2.54 bits per heavy atom. The second kappa shape index (κ2) is 6.83. The van der Waals surface area contributed by atoms with Crippen LogP contribution in [-0.2, 0) is 16.1 Å². The predicted molar refractivity (Wildman–Crippen MR) is 102 cm³/mol. The van der Waals surface area contributed by atoms with Gasteiger partial charge in [-0.25, -0.2) is 0 Å². The molecule has 1 saturated heterocycles. The molecule has 0 N–H and O–H groups in total. The number of fused-ring (bicyclic) bond motifs is 1. The summed E-state index contributed by atoms with van der Waals surface area (Å²) < 4.78 is 0. The van der Waals surface area contributed by atoms with Crippen LogP contribution in [0.2, 0.25) is 0 Å². The van der Waals surface area contributed by atoms with E-state index >= 15 is 0 Å². The number of nitrogens with zero attached hydrogens (tertiary/aromatic N) is 3. The van der Waals surface area contributed by atoms with Crippen LogP contribution in [0.4, 0.5) is 11.4 Å². The van der Waals surface area contributed by atoms with E-state index in [1.807, 2.05) is 47.4 Å². The van der Waals surface area contributed by atoms with E-state index in [2.05, 4.69) is 24.1 Å². The van der Waals surface area contributed by atoms with Gasteiger partial charge in [0.2, 0.25) is 11.8 Å². The molecule has 2 amide bonds. The molecular weight excluding hydrogens is 326 g/mol. The van der Waals surface area contributed by atoms with Crippen LogP contribution >= 0.6 is 0 Å². The summed E-state index contributed by atoms with van der Waals surface area (Å²) in [7, 11) is 2.06. The van der Waals surface area contributed by atoms with Crippen LogP contribution in [0.3, 0.4) is 0 Å². The highest BCUT2D eigenvalue weighted by Gasteiger charge is 2.37. The lowest BCUT2D eigenvalue weighted by molar-refractivity contribution is -0.136. The molecule has 26 heavy (non-hydrogen) atoms. The predicted octanol–water partition coefficient (Wildman–Crippen LogP) is 2.52. The molecule has 1 atom stereocenters. The highest BCUT2D eigenvalue weighted by atomic mass is 16.2. The number of carbonyl (C=O) groups excluding carboxylic acids is 2. The van der Waals surface area contributed by atoms with Crippen molar-refractivity contribution < 1.29 is 9.59 Å². The average molecular weight is 349 g/mol. The van der Waals surface area contributed by atoms with E-state index in [9.17, 15) is 9.59 Å². The first-order valence-electron chi connectivity index (χ1n) is 9.07. The van der Waals surface area contributed by atoms with Crippen LogP contribution in [0.25, 0.3) is 0 Å². The molecule has 5 heteroatoms. The number of benzene rings is 2. The van der Waals surface area contributed by atoms with Gasteiger partial charge >= 0.3 is 0 Å². The Hall–Kier alpha value is -2.82. The molecule has 2 aliphatic heterocycles. The summed E-state index contributed by atoms with van der Waals surface area (Å²) in [5.74, 6) is -0.151. The number of hydrogen-bond donors (Lipinski definition) is 0. The maximum absolute atomic E-state index is 13.1. The number of anilines is 2. The van der Waals surface area contributed by atoms with Gasteiger partial charge in [0.1, 0.15) is 0 Å². The van der Waals surface area contributed by atoms with Crippen molar-refractivity contribution >= 4 is 23.2 Å². The van der Waals surface area contributed by atoms with Crippen molar-refractivity contribution in [3.05, 3.63) is 60.2 Å². The Morgan fingerprint density at radius 2 is 1.73 bits per heavy atom. The van der Waals surface area contributed by atoms with Gasteiger partial charge in [0.25, 0.3) is 0 Å². The number of carbonyl (C=O) groups is 2. The van der Waals surface area contributed by atoms with E-state index in [1.165, 1.54) is 5.69 Å². The van der Waals surface area contributed by atoms with Gasteiger partial charge in [-0.1, -0.05) is 36.4 Å². The highest BCUT2D eigenvalue weighted by molar-refractivity contribution is 6.00. The molecule has 134 valence electrons. The molecule has 0 aromatic heterocycles. The average Bonchev–Trinajstić information content (AvgIpc) is 2.98. The summed E-state index contributed by atoms with van der Waals surface area (Å²) >= 11 is 0. The Labute approximate surface area is 153 Å². The third-order valence-corrected chi connectivity index (χ3v) is 5.32. The molecule has 5 nitrogen and oxygen atoms in total. The Bertz CT molecular complexity index is 821. The molecule has 4 rings (SSSR count). The third-order valence-electron chi connectivity index (χ3n) is 5.32. The zero-order valence-corrected chi connectivity index (χ0v) is 15.0. The summed E-state index contributed by atoms with van der Waals surface area (Å²) in [6.07, 6.45) is 0.293. The van der Waals surface area contributed by atoms with Gasteiger partial charge in [0.05, 0.1) is 5.92 Å². The lowest BCUT2D eigenvalue weighted by atomic mass is 10.1. The number of hydrogen-bond acceptors (Lipinski definition) is 3. The van der Waals surface area contributed by atoms with Crippen molar-refractivity contribution in [1.82, 2.24) is 4.90 Å². The molecular formula is C21H23N3O2. The van der Waals surface area contributed by atoms with Crippen LogP contribution < -0.4 is 9.80 Å². The molecule has 1 fully saturated rings. The smallest absolute Gasteiger partial charge is 0.228 e.